The Balaban J connectivity index is 2.05. The van der Waals surface area contributed by atoms with E-state index in [0.29, 0.717) is 5.56 Å². The second-order valence-corrected chi connectivity index (χ2v) is 6.00. The molecule has 1 aliphatic rings. The van der Waals surface area contributed by atoms with E-state index in [1.807, 2.05) is 4.90 Å². The van der Waals surface area contributed by atoms with Gasteiger partial charge in [0.2, 0.25) is 0 Å². The lowest BCUT2D eigenvalue weighted by molar-refractivity contribution is -0.143. The van der Waals surface area contributed by atoms with Crippen molar-refractivity contribution < 1.29 is 14.7 Å². The summed E-state index contributed by atoms with van der Waals surface area (Å²) >= 11 is 3.32. The predicted octanol–water partition coefficient (Wildman–Crippen LogP) is 2.96. The summed E-state index contributed by atoms with van der Waals surface area (Å²) in [6.07, 6.45) is 3.20. The van der Waals surface area contributed by atoms with Gasteiger partial charge in [-0.05, 0) is 38.1 Å². The highest BCUT2D eigenvalue weighted by Crippen LogP contribution is 2.18. The first-order valence-electron chi connectivity index (χ1n) is 6.83. The van der Waals surface area contributed by atoms with E-state index >= 15 is 0 Å². The van der Waals surface area contributed by atoms with E-state index in [-0.39, 0.29) is 12.2 Å². The third-order valence-electron chi connectivity index (χ3n) is 3.66. The monoisotopic (exact) mass is 339 g/mol. The Kier molecular flexibility index (Phi) is 5.31. The first-order valence-corrected chi connectivity index (χ1v) is 7.63. The number of rotatable bonds is 5. The molecule has 0 aromatic heterocycles. The number of Topliss-reactive ketones (excluding diaryl/α,β-unsaturated/α-hetero) is 1. The maximum absolute atomic E-state index is 12.2. The van der Waals surface area contributed by atoms with Gasteiger partial charge in [-0.3, -0.25) is 14.5 Å². The van der Waals surface area contributed by atoms with E-state index < -0.39 is 12.0 Å². The molecule has 1 fully saturated rings. The number of carboxylic acid groups (broad SMARTS) is 1. The van der Waals surface area contributed by atoms with Crippen molar-refractivity contribution in [3.8, 4) is 0 Å². The molecule has 108 valence electrons. The van der Waals surface area contributed by atoms with Gasteiger partial charge in [-0.15, -0.1) is 0 Å². The number of aliphatic carboxylic acids is 1. The lowest BCUT2D eigenvalue weighted by atomic mass is 10.0. The van der Waals surface area contributed by atoms with Gasteiger partial charge in [0.05, 0.1) is 0 Å². The minimum absolute atomic E-state index is 0.0387. The molecule has 0 saturated carbocycles. The fourth-order valence-corrected chi connectivity index (χ4v) is 2.80. The van der Waals surface area contributed by atoms with Crippen LogP contribution in [0.4, 0.5) is 0 Å². The molecule has 0 bridgehead atoms. The Morgan fingerprint density at radius 1 is 1.15 bits per heavy atom. The summed E-state index contributed by atoms with van der Waals surface area (Å²) in [4.78, 5) is 25.5. The molecule has 5 heteroatoms. The fourth-order valence-electron chi connectivity index (χ4n) is 2.53. The number of likely N-dealkylation sites (tertiary alicyclic amines) is 1. The van der Waals surface area contributed by atoms with Gasteiger partial charge in [-0.2, -0.15) is 0 Å². The van der Waals surface area contributed by atoms with Crippen LogP contribution < -0.4 is 0 Å². The molecule has 1 saturated heterocycles. The topological polar surface area (TPSA) is 57.6 Å². The molecule has 1 aromatic rings. The van der Waals surface area contributed by atoms with Crippen LogP contribution in [-0.4, -0.2) is 40.9 Å². The number of ketones is 1. The number of piperidine rings is 1. The van der Waals surface area contributed by atoms with E-state index in [4.69, 9.17) is 0 Å². The molecule has 1 aromatic carbocycles. The fraction of sp³-hybridized carbons (Fsp3) is 0.467. The molecule has 1 heterocycles. The number of hydrogen-bond acceptors (Lipinski definition) is 3. The number of hydrogen-bond donors (Lipinski definition) is 1. The zero-order chi connectivity index (χ0) is 14.5. The molecule has 0 aliphatic carbocycles. The molecular formula is C15H18BrNO3. The van der Waals surface area contributed by atoms with Crippen molar-refractivity contribution in [2.24, 2.45) is 0 Å². The standard InChI is InChI=1S/C15H18BrNO3/c16-12-6-4-11(5-7-12)14(18)10-13(15(19)20)17-8-2-1-3-9-17/h4-7,13H,1-3,8-10H2,(H,19,20)/t13-/m1/s1. The first-order chi connectivity index (χ1) is 9.58. The Morgan fingerprint density at radius 3 is 2.30 bits per heavy atom. The minimum Gasteiger partial charge on any atom is -0.480 e. The van der Waals surface area contributed by atoms with E-state index in [2.05, 4.69) is 15.9 Å². The summed E-state index contributed by atoms with van der Waals surface area (Å²) < 4.78 is 0.903. The van der Waals surface area contributed by atoms with Crippen molar-refractivity contribution in [3.63, 3.8) is 0 Å². The second-order valence-electron chi connectivity index (χ2n) is 5.08. The van der Waals surface area contributed by atoms with Gasteiger partial charge in [-0.25, -0.2) is 0 Å². The SMILES string of the molecule is O=C(C[C@H](C(=O)O)N1CCCCC1)c1ccc(Br)cc1. The van der Waals surface area contributed by atoms with Crippen LogP contribution in [0.2, 0.25) is 0 Å². The highest BCUT2D eigenvalue weighted by molar-refractivity contribution is 9.10. The molecule has 0 unspecified atom stereocenters. The van der Waals surface area contributed by atoms with Crippen LogP contribution in [-0.2, 0) is 4.79 Å². The minimum atomic E-state index is -0.905. The average molecular weight is 340 g/mol. The molecule has 0 radical (unpaired) electrons. The van der Waals surface area contributed by atoms with Crippen LogP contribution in [0.1, 0.15) is 36.0 Å². The van der Waals surface area contributed by atoms with Gasteiger partial charge in [0.1, 0.15) is 6.04 Å². The molecule has 2 rings (SSSR count). The Bertz CT molecular complexity index is 480. The molecular weight excluding hydrogens is 322 g/mol. The molecule has 1 aliphatic heterocycles. The first kappa shape index (κ1) is 15.2. The molecule has 4 nitrogen and oxygen atoms in total. The third-order valence-corrected chi connectivity index (χ3v) is 4.19. The Hall–Kier alpha value is -1.20. The summed E-state index contributed by atoms with van der Waals surface area (Å²) in [5.74, 6) is -1.02. The second kappa shape index (κ2) is 6.99. The summed E-state index contributed by atoms with van der Waals surface area (Å²) in [6.45, 7) is 1.54. The van der Waals surface area contributed by atoms with E-state index in [9.17, 15) is 14.7 Å². The number of carbonyl (C=O) groups is 2. The van der Waals surface area contributed by atoms with Crippen molar-refractivity contribution in [2.45, 2.75) is 31.7 Å². The quantitative estimate of drug-likeness (QED) is 0.838. The average Bonchev–Trinajstić information content (AvgIpc) is 2.46. The lowest BCUT2D eigenvalue weighted by Crippen LogP contribution is -2.45. The van der Waals surface area contributed by atoms with Crippen molar-refractivity contribution in [3.05, 3.63) is 34.3 Å². The van der Waals surface area contributed by atoms with Crippen molar-refractivity contribution in [1.29, 1.82) is 0 Å². The van der Waals surface area contributed by atoms with Crippen LogP contribution in [0.3, 0.4) is 0 Å². The van der Waals surface area contributed by atoms with Gasteiger partial charge in [0.15, 0.2) is 5.78 Å². The number of nitrogens with zero attached hydrogens (tertiary/aromatic N) is 1. The van der Waals surface area contributed by atoms with Crippen molar-refractivity contribution in [1.82, 2.24) is 4.90 Å². The van der Waals surface area contributed by atoms with Crippen LogP contribution in [0, 0.1) is 0 Å². The highest BCUT2D eigenvalue weighted by Gasteiger charge is 2.29. The van der Waals surface area contributed by atoms with E-state index in [1.165, 1.54) is 0 Å². The van der Waals surface area contributed by atoms with E-state index in [0.717, 1.165) is 36.8 Å². The number of benzene rings is 1. The van der Waals surface area contributed by atoms with Gasteiger partial charge < -0.3 is 5.11 Å². The number of carboxylic acids is 1. The molecule has 20 heavy (non-hydrogen) atoms. The maximum Gasteiger partial charge on any atom is 0.321 e. The summed E-state index contributed by atoms with van der Waals surface area (Å²) in [6, 6.07) is 6.34. The van der Waals surface area contributed by atoms with Gasteiger partial charge >= 0.3 is 5.97 Å². The highest BCUT2D eigenvalue weighted by atomic mass is 79.9. The molecule has 1 atom stereocenters. The van der Waals surface area contributed by atoms with Crippen LogP contribution in [0.25, 0.3) is 0 Å². The van der Waals surface area contributed by atoms with E-state index in [1.54, 1.807) is 24.3 Å². The molecule has 0 amide bonds. The van der Waals surface area contributed by atoms with Crippen molar-refractivity contribution >= 4 is 27.7 Å². The van der Waals surface area contributed by atoms with Crippen molar-refractivity contribution in [2.75, 3.05) is 13.1 Å². The molecule has 0 spiro atoms. The lowest BCUT2D eigenvalue weighted by Gasteiger charge is -2.31. The Morgan fingerprint density at radius 2 is 1.75 bits per heavy atom. The zero-order valence-corrected chi connectivity index (χ0v) is 12.8. The normalized spacial score (nSPS) is 17.6. The maximum atomic E-state index is 12.2. The van der Waals surface area contributed by atoms with Gasteiger partial charge in [0.25, 0.3) is 0 Å². The zero-order valence-electron chi connectivity index (χ0n) is 11.2. The predicted molar refractivity (Wildman–Crippen MR) is 79.9 cm³/mol. The summed E-state index contributed by atoms with van der Waals surface area (Å²) in [5, 5.41) is 9.36. The largest absolute Gasteiger partial charge is 0.480 e. The van der Waals surface area contributed by atoms with Gasteiger partial charge in [0, 0.05) is 16.5 Å². The number of halogens is 1. The van der Waals surface area contributed by atoms with Crippen LogP contribution in [0.5, 0.6) is 0 Å². The Labute approximate surface area is 126 Å². The number of carbonyl (C=O) groups excluding carboxylic acids is 1. The third kappa shape index (κ3) is 3.90. The summed E-state index contributed by atoms with van der Waals surface area (Å²) in [7, 11) is 0. The summed E-state index contributed by atoms with van der Waals surface area (Å²) in [5.41, 5.74) is 0.566. The van der Waals surface area contributed by atoms with Crippen LogP contribution >= 0.6 is 15.9 Å². The van der Waals surface area contributed by atoms with Crippen LogP contribution in [0.15, 0.2) is 28.7 Å². The molecule has 1 N–H and O–H groups in total. The smallest absolute Gasteiger partial charge is 0.321 e. The van der Waals surface area contributed by atoms with Gasteiger partial charge in [-0.1, -0.05) is 34.5 Å².